The van der Waals surface area contributed by atoms with Crippen LogP contribution in [0.3, 0.4) is 0 Å². The van der Waals surface area contributed by atoms with Crippen molar-refractivity contribution >= 4 is 78.9 Å². The molecule has 0 radical (unpaired) electrons. The number of aromatic nitrogens is 2. The summed E-state index contributed by atoms with van der Waals surface area (Å²) in [5.41, 5.74) is 5.96. The third kappa shape index (κ3) is 6.29. The number of aryl methyl sites for hydroxylation is 1. The van der Waals surface area contributed by atoms with E-state index in [-0.39, 0.29) is 25.8 Å². The Morgan fingerprint density at radius 3 is 2.59 bits per heavy atom. The monoisotopic (exact) mass is 638 g/mol. The van der Waals surface area contributed by atoms with Crippen LogP contribution in [0.2, 0.25) is 19.4 Å². The Morgan fingerprint density at radius 2 is 1.85 bits per heavy atom. The van der Waals surface area contributed by atoms with Crippen LogP contribution in [0.4, 0.5) is 0 Å². The van der Waals surface area contributed by atoms with Gasteiger partial charge in [0, 0.05) is 22.0 Å². The Morgan fingerprint density at radius 1 is 1.03 bits per heavy atom. The van der Waals surface area contributed by atoms with Crippen molar-refractivity contribution in [2.45, 2.75) is 36.3 Å². The zero-order valence-corrected chi connectivity index (χ0v) is 25.1. The predicted molar refractivity (Wildman–Crippen MR) is 161 cm³/mol. The smallest absolute Gasteiger partial charge is 0.194 e. The Labute approximate surface area is 250 Å². The number of nitrogens with zero attached hydrogens (tertiary/aromatic N) is 2. The van der Waals surface area contributed by atoms with Gasteiger partial charge in [0.2, 0.25) is 0 Å². The van der Waals surface area contributed by atoms with Crippen LogP contribution in [0.1, 0.15) is 36.9 Å². The van der Waals surface area contributed by atoms with Crippen LogP contribution in [-0.2, 0) is 21.1 Å². The molecule has 4 aromatic rings. The number of thiophene rings is 1. The molecule has 2 aromatic heterocycles. The highest BCUT2D eigenvalue weighted by molar-refractivity contribution is 7.94. The van der Waals surface area contributed by atoms with Gasteiger partial charge in [-0.2, -0.15) is 5.10 Å². The van der Waals surface area contributed by atoms with Gasteiger partial charge in [-0.05, 0) is 72.7 Å². The Kier molecular flexibility index (Phi) is 8.57. The average Bonchev–Trinajstić information content (AvgIpc) is 3.48. The van der Waals surface area contributed by atoms with E-state index >= 15 is 0 Å². The first-order chi connectivity index (χ1) is 18.6. The van der Waals surface area contributed by atoms with Gasteiger partial charge in [0.1, 0.15) is 20.1 Å². The average molecular weight is 640 g/mol. The Hall–Kier alpha value is -2.13. The topological polar surface area (TPSA) is 69.0 Å². The van der Waals surface area contributed by atoms with Crippen LogP contribution in [0.5, 0.6) is 0 Å². The first-order valence-corrected chi connectivity index (χ1v) is 16.1. The summed E-state index contributed by atoms with van der Waals surface area (Å²) in [4.78, 5) is 12.6. The molecule has 5 rings (SSSR count). The van der Waals surface area contributed by atoms with Gasteiger partial charge in [-0.3, -0.25) is 4.79 Å². The molecule has 11 heteroatoms. The van der Waals surface area contributed by atoms with Gasteiger partial charge < -0.3 is 0 Å². The van der Waals surface area contributed by atoms with Crippen LogP contribution in [-0.4, -0.2) is 29.7 Å². The SMILES string of the molecule is O=C(CC/C=C1\CCCc2cnn(-c3cccc(-c4ccc(Cl)cc4Cl)c3)c21)CS(=O)(=O)c1cc(Cl)c(Cl)s1. The molecule has 0 N–H and O–H groups in total. The van der Waals surface area contributed by atoms with E-state index in [4.69, 9.17) is 46.4 Å². The second kappa shape index (κ2) is 11.8. The molecule has 202 valence electrons. The number of ketones is 1. The third-order valence-corrected chi connectivity index (χ3v) is 11.1. The first kappa shape index (κ1) is 28.4. The fourth-order valence-electron chi connectivity index (χ4n) is 4.66. The van der Waals surface area contributed by atoms with Gasteiger partial charge >= 0.3 is 0 Å². The molecule has 0 aliphatic heterocycles. The quantitative estimate of drug-likeness (QED) is 0.193. The largest absolute Gasteiger partial charge is 0.299 e. The van der Waals surface area contributed by atoms with Crippen molar-refractivity contribution in [3.05, 3.63) is 91.5 Å². The van der Waals surface area contributed by atoms with Gasteiger partial charge in [-0.15, -0.1) is 11.3 Å². The number of halogens is 4. The summed E-state index contributed by atoms with van der Waals surface area (Å²) in [5, 5.41) is 5.99. The van der Waals surface area contributed by atoms with Gasteiger partial charge in [-0.25, -0.2) is 13.1 Å². The summed E-state index contributed by atoms with van der Waals surface area (Å²) in [5.74, 6) is -0.934. The van der Waals surface area contributed by atoms with Crippen LogP contribution in [0.25, 0.3) is 22.4 Å². The summed E-state index contributed by atoms with van der Waals surface area (Å²) in [6.45, 7) is 0. The zero-order valence-electron chi connectivity index (χ0n) is 20.5. The molecule has 0 bridgehead atoms. The second-order valence-corrected chi connectivity index (χ2v) is 14.3. The fraction of sp³-hybridized carbons (Fsp3) is 0.214. The number of benzene rings is 2. The second-order valence-electron chi connectivity index (χ2n) is 9.21. The molecule has 0 saturated heterocycles. The van der Waals surface area contributed by atoms with Gasteiger partial charge in [0.25, 0.3) is 0 Å². The lowest BCUT2D eigenvalue weighted by molar-refractivity contribution is -0.116. The molecule has 39 heavy (non-hydrogen) atoms. The van der Waals surface area contributed by atoms with Gasteiger partial charge in [0.15, 0.2) is 9.84 Å². The van der Waals surface area contributed by atoms with E-state index < -0.39 is 15.6 Å². The van der Waals surface area contributed by atoms with E-state index in [1.54, 1.807) is 6.07 Å². The van der Waals surface area contributed by atoms with E-state index in [1.807, 2.05) is 53.4 Å². The Bertz CT molecular complexity index is 1690. The Balaban J connectivity index is 1.35. The summed E-state index contributed by atoms with van der Waals surface area (Å²) in [6, 6.07) is 14.7. The van der Waals surface area contributed by atoms with E-state index in [0.717, 1.165) is 64.2 Å². The molecule has 0 amide bonds. The molecule has 0 saturated carbocycles. The molecule has 2 heterocycles. The van der Waals surface area contributed by atoms with Crippen LogP contribution in [0.15, 0.2) is 65.0 Å². The third-order valence-electron chi connectivity index (χ3n) is 6.47. The number of rotatable bonds is 8. The molecular weight excluding hydrogens is 618 g/mol. The molecule has 0 spiro atoms. The molecule has 1 aliphatic rings. The molecule has 2 aromatic carbocycles. The predicted octanol–water partition coefficient (Wildman–Crippen LogP) is 8.76. The minimum Gasteiger partial charge on any atom is -0.299 e. The normalized spacial score (nSPS) is 14.5. The minimum atomic E-state index is -3.78. The van der Waals surface area contributed by atoms with Crippen molar-refractivity contribution in [1.82, 2.24) is 9.78 Å². The number of fused-ring (bicyclic) bond motifs is 1. The number of hydrogen-bond acceptors (Lipinski definition) is 5. The summed E-state index contributed by atoms with van der Waals surface area (Å²) < 4.78 is 27.3. The number of carbonyl (C=O) groups is 1. The lowest BCUT2D eigenvalue weighted by Gasteiger charge is -2.18. The molecule has 0 unspecified atom stereocenters. The van der Waals surface area contributed by atoms with E-state index in [1.165, 1.54) is 6.07 Å². The van der Waals surface area contributed by atoms with E-state index in [0.29, 0.717) is 16.5 Å². The molecule has 0 atom stereocenters. The lowest BCUT2D eigenvalue weighted by atomic mass is 9.92. The minimum absolute atomic E-state index is 0.00662. The van der Waals surface area contributed by atoms with Gasteiger partial charge in [-0.1, -0.05) is 70.7 Å². The highest BCUT2D eigenvalue weighted by Crippen LogP contribution is 2.36. The van der Waals surface area contributed by atoms with E-state index in [9.17, 15) is 13.2 Å². The van der Waals surface area contributed by atoms with Crippen molar-refractivity contribution in [2.24, 2.45) is 0 Å². The number of Topliss-reactive ketones (excluding diaryl/α,β-unsaturated/α-hetero) is 1. The van der Waals surface area contributed by atoms with Crippen LogP contribution < -0.4 is 0 Å². The number of sulfone groups is 1. The maximum atomic E-state index is 12.6. The highest BCUT2D eigenvalue weighted by Gasteiger charge is 2.24. The number of allylic oxidation sites excluding steroid dienone is 2. The summed E-state index contributed by atoms with van der Waals surface area (Å²) in [6.07, 6.45) is 7.20. The van der Waals surface area contributed by atoms with Crippen molar-refractivity contribution in [3.63, 3.8) is 0 Å². The zero-order chi connectivity index (χ0) is 27.7. The molecular formula is C28H22Cl4N2O3S2. The number of carbonyl (C=O) groups excluding carboxylic acids is 1. The highest BCUT2D eigenvalue weighted by atomic mass is 35.5. The van der Waals surface area contributed by atoms with Crippen molar-refractivity contribution in [1.29, 1.82) is 0 Å². The van der Waals surface area contributed by atoms with Crippen molar-refractivity contribution in [3.8, 4) is 16.8 Å². The maximum Gasteiger partial charge on any atom is 0.194 e. The fourth-order valence-corrected chi connectivity index (χ4v) is 8.43. The van der Waals surface area contributed by atoms with Crippen molar-refractivity contribution in [2.75, 3.05) is 5.75 Å². The molecule has 0 fully saturated rings. The molecule has 1 aliphatic carbocycles. The summed E-state index contributed by atoms with van der Waals surface area (Å²) >= 11 is 25.2. The first-order valence-electron chi connectivity index (χ1n) is 12.1. The van der Waals surface area contributed by atoms with Gasteiger partial charge in [0.05, 0.1) is 22.6 Å². The molecule has 5 nitrogen and oxygen atoms in total. The van der Waals surface area contributed by atoms with Crippen LogP contribution >= 0.6 is 57.7 Å². The number of hydrogen-bond donors (Lipinski definition) is 0. The van der Waals surface area contributed by atoms with Crippen molar-refractivity contribution < 1.29 is 13.2 Å². The lowest BCUT2D eigenvalue weighted by Crippen LogP contribution is -2.15. The van der Waals surface area contributed by atoms with E-state index in [2.05, 4.69) is 5.10 Å². The standard InChI is InChI=1S/C28H22Cl4N2O3S2/c29-20-10-11-23(24(30)13-20)18-6-2-8-21(12-18)34-27-17(4-1-7-19(27)15-33-34)5-3-9-22(35)16-39(36,37)26-14-25(31)28(32)38-26/h2,5-6,8,10-15H,1,3-4,7,9,16H2/b17-5+. The summed E-state index contributed by atoms with van der Waals surface area (Å²) in [7, 11) is -3.78. The van der Waals surface area contributed by atoms with Crippen LogP contribution in [0, 0.1) is 0 Å². The maximum absolute atomic E-state index is 12.6.